The van der Waals surface area contributed by atoms with Crippen molar-refractivity contribution in [2.24, 2.45) is 0 Å². The number of fused-ring (bicyclic) bond motifs is 1. The van der Waals surface area contributed by atoms with Gasteiger partial charge in [-0.1, -0.05) is 12.1 Å². The largest absolute Gasteiger partial charge is 0.506 e. The third-order valence-electron chi connectivity index (χ3n) is 5.65. The van der Waals surface area contributed by atoms with Gasteiger partial charge in [-0.25, -0.2) is 4.98 Å². The van der Waals surface area contributed by atoms with Gasteiger partial charge in [-0.2, -0.15) is 5.26 Å². The fourth-order valence-corrected chi connectivity index (χ4v) is 3.90. The van der Waals surface area contributed by atoms with Gasteiger partial charge < -0.3 is 19.0 Å². The average molecular weight is 451 g/mol. The highest BCUT2D eigenvalue weighted by atomic mass is 16.5. The Labute approximate surface area is 196 Å². The van der Waals surface area contributed by atoms with E-state index >= 15 is 0 Å². The van der Waals surface area contributed by atoms with Crippen LogP contribution < -0.4 is 4.74 Å². The number of benzene rings is 2. The molecule has 0 amide bonds. The third kappa shape index (κ3) is 3.86. The fourth-order valence-electron chi connectivity index (χ4n) is 3.90. The number of rotatable bonds is 5. The van der Waals surface area contributed by atoms with E-state index in [0.717, 1.165) is 22.5 Å². The molecule has 5 rings (SSSR count). The number of aromatic nitrogens is 2. The van der Waals surface area contributed by atoms with Gasteiger partial charge in [0.1, 0.15) is 29.5 Å². The summed E-state index contributed by atoms with van der Waals surface area (Å²) in [6.45, 7) is 3.76. The van der Waals surface area contributed by atoms with Crippen molar-refractivity contribution in [1.82, 2.24) is 9.38 Å². The number of ketones is 1. The number of carbonyl (C=O) groups is 1. The van der Waals surface area contributed by atoms with Crippen LogP contribution in [0.5, 0.6) is 11.5 Å². The molecule has 0 saturated heterocycles. The van der Waals surface area contributed by atoms with Crippen LogP contribution in [0.25, 0.3) is 17.0 Å². The second kappa shape index (κ2) is 8.09. The molecule has 0 fully saturated rings. The number of hydrogen-bond donors (Lipinski definition) is 1. The second-order valence-corrected chi connectivity index (χ2v) is 8.53. The minimum atomic E-state index is -0.981. The molecule has 3 heterocycles. The predicted molar refractivity (Wildman–Crippen MR) is 126 cm³/mol. The Morgan fingerprint density at radius 1 is 1.03 bits per heavy atom. The first-order chi connectivity index (χ1) is 16.3. The van der Waals surface area contributed by atoms with Crippen molar-refractivity contribution < 1.29 is 19.4 Å². The lowest BCUT2D eigenvalue weighted by atomic mass is 9.92. The molecule has 1 N–H and O–H groups in total. The van der Waals surface area contributed by atoms with Crippen molar-refractivity contribution in [2.45, 2.75) is 26.1 Å². The monoisotopic (exact) mass is 451 g/mol. The Kier molecular flexibility index (Phi) is 5.06. The van der Waals surface area contributed by atoms with E-state index in [0.29, 0.717) is 22.6 Å². The summed E-state index contributed by atoms with van der Waals surface area (Å²) < 4.78 is 13.7. The smallest absolute Gasteiger partial charge is 0.210 e. The number of nitrogens with zero attached hydrogens (tertiary/aromatic N) is 3. The van der Waals surface area contributed by atoms with E-state index in [1.54, 1.807) is 79.2 Å². The molecule has 0 atom stereocenters. The summed E-state index contributed by atoms with van der Waals surface area (Å²) in [5.41, 5.74) is 2.97. The number of imidazole rings is 1. The highest BCUT2D eigenvalue weighted by Crippen LogP contribution is 2.41. The Hall–Kier alpha value is -4.57. The van der Waals surface area contributed by atoms with Gasteiger partial charge in [0, 0.05) is 11.8 Å². The molecule has 2 aromatic heterocycles. The van der Waals surface area contributed by atoms with Gasteiger partial charge in [0.05, 0.1) is 29.1 Å². The molecule has 7 heteroatoms. The normalized spacial score (nSPS) is 14.8. The fraction of sp³-hybridized carbons (Fsp3) is 0.148. The van der Waals surface area contributed by atoms with Gasteiger partial charge in [0.25, 0.3) is 0 Å². The third-order valence-corrected chi connectivity index (χ3v) is 5.65. The molecule has 1 aliphatic rings. The molecular formula is C27H21N3O4. The minimum Gasteiger partial charge on any atom is -0.506 e. The molecule has 34 heavy (non-hydrogen) atoms. The quantitative estimate of drug-likeness (QED) is 0.471. The summed E-state index contributed by atoms with van der Waals surface area (Å²) in [6.07, 6.45) is 3.39. The van der Waals surface area contributed by atoms with Gasteiger partial charge in [-0.15, -0.1) is 0 Å². The van der Waals surface area contributed by atoms with Gasteiger partial charge in [0.15, 0.2) is 5.60 Å². The SMILES string of the molecule is CC1(C)OC(c2ccc(C#N)cc2)=C(c2ccc(OCc3cn4cc(O)ccc4n3)cc2)C1=O. The number of nitriles is 1. The molecule has 0 saturated carbocycles. The van der Waals surface area contributed by atoms with Crippen LogP contribution in [-0.4, -0.2) is 25.9 Å². The summed E-state index contributed by atoms with van der Waals surface area (Å²) >= 11 is 0. The average Bonchev–Trinajstić information content (AvgIpc) is 3.35. The molecule has 0 spiro atoms. The maximum atomic E-state index is 13.1. The number of hydrogen-bond acceptors (Lipinski definition) is 6. The molecule has 0 radical (unpaired) electrons. The van der Waals surface area contributed by atoms with Crippen LogP contribution in [0.2, 0.25) is 0 Å². The first-order valence-electron chi connectivity index (χ1n) is 10.7. The van der Waals surface area contributed by atoms with Crippen LogP contribution in [0.4, 0.5) is 0 Å². The Morgan fingerprint density at radius 3 is 2.44 bits per heavy atom. The zero-order valence-electron chi connectivity index (χ0n) is 18.6. The highest BCUT2D eigenvalue weighted by molar-refractivity contribution is 6.32. The van der Waals surface area contributed by atoms with Crippen LogP contribution in [0, 0.1) is 11.3 Å². The van der Waals surface area contributed by atoms with Crippen molar-refractivity contribution in [3.63, 3.8) is 0 Å². The molecule has 0 aliphatic carbocycles. The number of ether oxygens (including phenoxy) is 2. The zero-order chi connectivity index (χ0) is 23.9. The van der Waals surface area contributed by atoms with E-state index in [-0.39, 0.29) is 18.1 Å². The molecule has 4 aromatic rings. The van der Waals surface area contributed by atoms with E-state index in [4.69, 9.17) is 14.7 Å². The van der Waals surface area contributed by atoms with Crippen molar-refractivity contribution >= 4 is 22.8 Å². The molecular weight excluding hydrogens is 430 g/mol. The number of aromatic hydroxyl groups is 1. The highest BCUT2D eigenvalue weighted by Gasteiger charge is 2.42. The molecule has 7 nitrogen and oxygen atoms in total. The topological polar surface area (TPSA) is 96.8 Å². The maximum absolute atomic E-state index is 13.1. The Balaban J connectivity index is 1.39. The van der Waals surface area contributed by atoms with Gasteiger partial charge in [0.2, 0.25) is 5.78 Å². The first kappa shape index (κ1) is 21.3. The van der Waals surface area contributed by atoms with Crippen LogP contribution in [0.1, 0.15) is 36.2 Å². The lowest BCUT2D eigenvalue weighted by Crippen LogP contribution is -2.29. The lowest BCUT2D eigenvalue weighted by Gasteiger charge is -2.17. The molecule has 0 bridgehead atoms. The number of pyridine rings is 1. The van der Waals surface area contributed by atoms with Crippen LogP contribution in [-0.2, 0) is 16.1 Å². The number of Topliss-reactive ketones (excluding diaryl/α,β-unsaturated/α-hetero) is 1. The van der Waals surface area contributed by atoms with Crippen LogP contribution in [0.15, 0.2) is 73.1 Å². The number of carbonyl (C=O) groups excluding carboxylic acids is 1. The van der Waals surface area contributed by atoms with Crippen molar-refractivity contribution in [2.75, 3.05) is 0 Å². The lowest BCUT2D eigenvalue weighted by molar-refractivity contribution is -0.125. The summed E-state index contributed by atoms with van der Waals surface area (Å²) in [7, 11) is 0. The van der Waals surface area contributed by atoms with Gasteiger partial charge in [-0.3, -0.25) is 4.79 Å². The van der Waals surface area contributed by atoms with E-state index in [2.05, 4.69) is 11.1 Å². The van der Waals surface area contributed by atoms with Gasteiger partial charge >= 0.3 is 0 Å². The minimum absolute atomic E-state index is 0.103. The maximum Gasteiger partial charge on any atom is 0.210 e. The van der Waals surface area contributed by atoms with Gasteiger partial charge in [-0.05, 0) is 67.9 Å². The van der Waals surface area contributed by atoms with E-state index in [1.165, 1.54) is 0 Å². The van der Waals surface area contributed by atoms with Crippen LogP contribution >= 0.6 is 0 Å². The standard InChI is InChI=1S/C27H21N3O4/c1-27(2)26(32)24(25(34-27)19-5-3-17(13-28)4-6-19)18-7-10-22(11-8-18)33-16-20-14-30-15-21(31)9-12-23(30)29-20/h3-12,14-15,31H,16H2,1-2H3. The summed E-state index contributed by atoms with van der Waals surface area (Å²) in [4.78, 5) is 17.6. The van der Waals surface area contributed by atoms with Crippen molar-refractivity contribution in [3.05, 3.63) is 95.4 Å². The van der Waals surface area contributed by atoms with E-state index in [9.17, 15) is 9.90 Å². The summed E-state index contributed by atoms with van der Waals surface area (Å²) in [5.74, 6) is 1.20. The second-order valence-electron chi connectivity index (χ2n) is 8.53. The van der Waals surface area contributed by atoms with Crippen LogP contribution in [0.3, 0.4) is 0 Å². The zero-order valence-corrected chi connectivity index (χ0v) is 18.6. The van der Waals surface area contributed by atoms with Crippen molar-refractivity contribution in [3.8, 4) is 17.6 Å². The molecule has 2 aromatic carbocycles. The summed E-state index contributed by atoms with van der Waals surface area (Å²) in [5, 5.41) is 18.7. The first-order valence-corrected chi connectivity index (χ1v) is 10.7. The predicted octanol–water partition coefficient (Wildman–Crippen LogP) is 4.74. The Morgan fingerprint density at radius 2 is 1.74 bits per heavy atom. The van der Waals surface area contributed by atoms with E-state index < -0.39 is 5.60 Å². The summed E-state index contributed by atoms with van der Waals surface area (Å²) in [6, 6.07) is 19.7. The van der Waals surface area contributed by atoms with E-state index in [1.807, 2.05) is 12.1 Å². The molecule has 0 unspecified atom stereocenters. The Bertz CT molecular complexity index is 1470. The molecule has 168 valence electrons. The molecule has 1 aliphatic heterocycles. The van der Waals surface area contributed by atoms with Crippen molar-refractivity contribution in [1.29, 1.82) is 5.26 Å².